The van der Waals surface area contributed by atoms with Crippen LogP contribution in [0.4, 0.5) is 11.4 Å². The molecule has 0 bridgehead atoms. The van der Waals surface area contributed by atoms with Gasteiger partial charge in [0, 0.05) is 24.3 Å². The minimum Gasteiger partial charge on any atom is -0.478 e. The number of carboxylic acids is 1. The van der Waals surface area contributed by atoms with E-state index in [1.54, 1.807) is 12.1 Å². The van der Waals surface area contributed by atoms with Crippen molar-refractivity contribution in [3.63, 3.8) is 0 Å². The van der Waals surface area contributed by atoms with E-state index in [4.69, 9.17) is 0 Å². The van der Waals surface area contributed by atoms with Gasteiger partial charge in [0.1, 0.15) is 0 Å². The molecule has 0 heterocycles. The number of carbonyl (C=O) groups is 2. The highest BCUT2D eigenvalue weighted by Gasteiger charge is 2.13. The highest BCUT2D eigenvalue weighted by Crippen LogP contribution is 2.22. The monoisotopic (exact) mass is 264 g/mol. The number of hydrogen-bond donors (Lipinski definition) is 3. The van der Waals surface area contributed by atoms with Crippen molar-refractivity contribution in [3.8, 4) is 0 Å². The largest absolute Gasteiger partial charge is 0.478 e. The van der Waals surface area contributed by atoms with Crippen molar-refractivity contribution in [3.05, 3.63) is 23.8 Å². The molecule has 0 aromatic heterocycles. The van der Waals surface area contributed by atoms with E-state index in [1.165, 1.54) is 13.0 Å². The molecular formula is C14H20N2O3. The number of carbonyl (C=O) groups excluding carboxylic acids is 1. The third-order valence-corrected chi connectivity index (χ3v) is 2.92. The van der Waals surface area contributed by atoms with Gasteiger partial charge in [-0.05, 0) is 31.0 Å². The fourth-order valence-electron chi connectivity index (χ4n) is 1.84. The van der Waals surface area contributed by atoms with E-state index >= 15 is 0 Å². The van der Waals surface area contributed by atoms with Gasteiger partial charge in [-0.2, -0.15) is 0 Å². The lowest BCUT2D eigenvalue weighted by Gasteiger charge is -2.18. The lowest BCUT2D eigenvalue weighted by Crippen LogP contribution is -2.19. The maximum Gasteiger partial charge on any atom is 0.337 e. The summed E-state index contributed by atoms with van der Waals surface area (Å²) in [6.07, 6.45) is 1.84. The average molecular weight is 264 g/mol. The molecule has 1 aromatic rings. The molecule has 0 aliphatic rings. The third kappa shape index (κ3) is 4.28. The Bertz CT molecular complexity index is 468. The zero-order valence-electron chi connectivity index (χ0n) is 11.5. The first-order valence-electron chi connectivity index (χ1n) is 6.39. The summed E-state index contributed by atoms with van der Waals surface area (Å²) in [4.78, 5) is 22.2. The molecule has 0 radical (unpaired) electrons. The second-order valence-electron chi connectivity index (χ2n) is 4.40. The second-order valence-corrected chi connectivity index (χ2v) is 4.40. The van der Waals surface area contributed by atoms with E-state index in [2.05, 4.69) is 10.6 Å². The maximum atomic E-state index is 11.3. The summed E-state index contributed by atoms with van der Waals surface area (Å²) in [6.45, 7) is 5.48. The van der Waals surface area contributed by atoms with E-state index in [1.807, 2.05) is 13.8 Å². The Morgan fingerprint density at radius 2 is 1.89 bits per heavy atom. The minimum absolute atomic E-state index is 0.165. The summed E-state index contributed by atoms with van der Waals surface area (Å²) in [5, 5.41) is 15.0. The van der Waals surface area contributed by atoms with Gasteiger partial charge in [0.2, 0.25) is 5.91 Å². The van der Waals surface area contributed by atoms with Crippen molar-refractivity contribution in [1.29, 1.82) is 0 Å². The quantitative estimate of drug-likeness (QED) is 0.738. The van der Waals surface area contributed by atoms with Gasteiger partial charge in [-0.3, -0.25) is 4.79 Å². The van der Waals surface area contributed by atoms with Gasteiger partial charge in [0.25, 0.3) is 0 Å². The molecule has 1 rings (SSSR count). The van der Waals surface area contributed by atoms with E-state index in [0.717, 1.165) is 12.8 Å². The normalized spacial score (nSPS) is 10.3. The number of nitrogens with one attached hydrogen (secondary N) is 2. The Hall–Kier alpha value is -2.04. The molecule has 5 nitrogen and oxygen atoms in total. The first-order chi connectivity index (χ1) is 8.97. The van der Waals surface area contributed by atoms with E-state index in [0.29, 0.717) is 11.4 Å². The molecule has 3 N–H and O–H groups in total. The number of anilines is 2. The molecular weight excluding hydrogens is 244 g/mol. The van der Waals surface area contributed by atoms with Crippen LogP contribution in [0.5, 0.6) is 0 Å². The van der Waals surface area contributed by atoms with Gasteiger partial charge in [-0.15, -0.1) is 0 Å². The molecule has 104 valence electrons. The number of carboxylic acid groups (broad SMARTS) is 1. The van der Waals surface area contributed by atoms with Crippen molar-refractivity contribution in [2.75, 3.05) is 10.6 Å². The van der Waals surface area contributed by atoms with Crippen LogP contribution >= 0.6 is 0 Å². The highest BCUT2D eigenvalue weighted by atomic mass is 16.4. The molecule has 0 unspecified atom stereocenters. The number of amides is 1. The number of rotatable bonds is 6. The second kappa shape index (κ2) is 6.78. The smallest absolute Gasteiger partial charge is 0.337 e. The Balaban J connectivity index is 3.04. The van der Waals surface area contributed by atoms with Gasteiger partial charge in [-0.25, -0.2) is 4.79 Å². The van der Waals surface area contributed by atoms with Crippen LogP contribution in [0, 0.1) is 0 Å². The average Bonchev–Trinajstić information content (AvgIpc) is 2.36. The predicted molar refractivity (Wildman–Crippen MR) is 75.7 cm³/mol. The number of aromatic carboxylic acids is 1. The summed E-state index contributed by atoms with van der Waals surface area (Å²) < 4.78 is 0. The standard InChI is InChI=1S/C14H20N2O3/c1-4-10(5-2)16-13-7-6-11(15-9(3)17)8-12(13)14(18)19/h6-8,10,16H,4-5H2,1-3H3,(H,15,17)(H,18,19). The number of hydrogen-bond acceptors (Lipinski definition) is 3. The molecule has 19 heavy (non-hydrogen) atoms. The fraction of sp³-hybridized carbons (Fsp3) is 0.429. The summed E-state index contributed by atoms with van der Waals surface area (Å²) in [7, 11) is 0. The van der Waals surface area contributed by atoms with Crippen molar-refractivity contribution >= 4 is 23.3 Å². The lowest BCUT2D eigenvalue weighted by atomic mass is 10.1. The Morgan fingerprint density at radius 3 is 2.37 bits per heavy atom. The zero-order valence-corrected chi connectivity index (χ0v) is 11.5. The zero-order chi connectivity index (χ0) is 14.4. The lowest BCUT2D eigenvalue weighted by molar-refractivity contribution is -0.114. The topological polar surface area (TPSA) is 78.4 Å². The molecule has 0 aliphatic heterocycles. The van der Waals surface area contributed by atoms with Gasteiger partial charge >= 0.3 is 5.97 Å². The van der Waals surface area contributed by atoms with Crippen LogP contribution in [0.1, 0.15) is 44.0 Å². The summed E-state index contributed by atoms with van der Waals surface area (Å²) in [6, 6.07) is 5.09. The molecule has 0 aliphatic carbocycles. The van der Waals surface area contributed by atoms with E-state index in [-0.39, 0.29) is 17.5 Å². The number of benzene rings is 1. The van der Waals surface area contributed by atoms with Crippen LogP contribution in [0.3, 0.4) is 0 Å². The van der Waals surface area contributed by atoms with Crippen LogP contribution in [0.15, 0.2) is 18.2 Å². The SMILES string of the molecule is CCC(CC)Nc1ccc(NC(C)=O)cc1C(=O)O. The predicted octanol–water partition coefficient (Wildman–Crippen LogP) is 2.94. The van der Waals surface area contributed by atoms with Gasteiger partial charge in [-0.1, -0.05) is 13.8 Å². The Labute approximate surface area is 113 Å². The summed E-state index contributed by atoms with van der Waals surface area (Å²) in [5.41, 5.74) is 1.23. The van der Waals surface area contributed by atoms with Crippen molar-refractivity contribution in [2.24, 2.45) is 0 Å². The van der Waals surface area contributed by atoms with E-state index in [9.17, 15) is 14.7 Å². The summed E-state index contributed by atoms with van der Waals surface area (Å²) >= 11 is 0. The Kier molecular flexibility index (Phi) is 5.36. The highest BCUT2D eigenvalue weighted by molar-refractivity contribution is 5.97. The van der Waals surface area contributed by atoms with Gasteiger partial charge < -0.3 is 15.7 Å². The van der Waals surface area contributed by atoms with Crippen LogP contribution in [-0.4, -0.2) is 23.0 Å². The van der Waals surface area contributed by atoms with E-state index < -0.39 is 5.97 Å². The van der Waals surface area contributed by atoms with Crippen LogP contribution in [0.25, 0.3) is 0 Å². The van der Waals surface area contributed by atoms with Gasteiger partial charge in [0.05, 0.1) is 5.56 Å². The fourth-order valence-corrected chi connectivity index (χ4v) is 1.84. The molecule has 0 fully saturated rings. The van der Waals surface area contributed by atoms with Gasteiger partial charge in [0.15, 0.2) is 0 Å². The third-order valence-electron chi connectivity index (χ3n) is 2.92. The molecule has 0 saturated heterocycles. The Morgan fingerprint density at radius 1 is 1.26 bits per heavy atom. The first-order valence-corrected chi connectivity index (χ1v) is 6.39. The van der Waals surface area contributed by atoms with Crippen LogP contribution in [-0.2, 0) is 4.79 Å². The minimum atomic E-state index is -1.01. The van der Waals surface area contributed by atoms with Crippen molar-refractivity contribution in [1.82, 2.24) is 0 Å². The maximum absolute atomic E-state index is 11.3. The van der Waals surface area contributed by atoms with Crippen LogP contribution in [0.2, 0.25) is 0 Å². The molecule has 0 atom stereocenters. The molecule has 5 heteroatoms. The van der Waals surface area contributed by atoms with Crippen LogP contribution < -0.4 is 10.6 Å². The van der Waals surface area contributed by atoms with Crippen molar-refractivity contribution in [2.45, 2.75) is 39.7 Å². The molecule has 1 aromatic carbocycles. The van der Waals surface area contributed by atoms with Crippen molar-refractivity contribution < 1.29 is 14.7 Å². The molecule has 1 amide bonds. The molecule has 0 spiro atoms. The molecule has 0 saturated carbocycles. The summed E-state index contributed by atoms with van der Waals surface area (Å²) in [5.74, 6) is -1.24. The first kappa shape index (κ1) is 15.0.